The van der Waals surface area contributed by atoms with E-state index in [-0.39, 0.29) is 12.3 Å². The molecule has 0 unspecified atom stereocenters. The molecule has 1 amide bonds. The average Bonchev–Trinajstić information content (AvgIpc) is 2.99. The van der Waals surface area contributed by atoms with Crippen LogP contribution in [0.3, 0.4) is 0 Å². The third kappa shape index (κ3) is 3.40. The number of carbonyl (C=O) groups is 1. The van der Waals surface area contributed by atoms with Gasteiger partial charge in [0.2, 0.25) is 5.91 Å². The molecule has 0 fully saturated rings. The molecule has 3 aromatic rings. The van der Waals surface area contributed by atoms with Gasteiger partial charge in [0.1, 0.15) is 11.6 Å². The van der Waals surface area contributed by atoms with E-state index in [2.05, 4.69) is 29.1 Å². The number of carbonyl (C=O) groups excluding carboxylic acids is 1. The maximum Gasteiger partial charge on any atom is 0.228 e. The fraction of sp³-hybridized carbons (Fsp3) is 0.263. The van der Waals surface area contributed by atoms with E-state index in [4.69, 9.17) is 4.74 Å². The highest BCUT2D eigenvalue weighted by Gasteiger charge is 2.10. The van der Waals surface area contributed by atoms with Gasteiger partial charge in [0.05, 0.1) is 24.6 Å². The third-order valence-corrected chi connectivity index (χ3v) is 3.87. The van der Waals surface area contributed by atoms with Crippen molar-refractivity contribution in [3.63, 3.8) is 0 Å². The fourth-order valence-electron chi connectivity index (χ4n) is 2.61. The number of nitrogens with zero attached hydrogens (tertiary/aromatic N) is 1. The molecule has 0 aliphatic rings. The molecule has 0 bridgehead atoms. The van der Waals surface area contributed by atoms with Crippen LogP contribution in [0.5, 0.6) is 5.75 Å². The number of aromatic nitrogens is 2. The molecule has 0 atom stereocenters. The van der Waals surface area contributed by atoms with Crippen LogP contribution in [-0.2, 0) is 11.2 Å². The number of ether oxygens (including phenoxy) is 1. The molecule has 24 heavy (non-hydrogen) atoms. The summed E-state index contributed by atoms with van der Waals surface area (Å²) in [6.45, 7) is 4.18. The zero-order valence-electron chi connectivity index (χ0n) is 14.1. The van der Waals surface area contributed by atoms with Crippen LogP contribution in [0.25, 0.3) is 11.0 Å². The van der Waals surface area contributed by atoms with Gasteiger partial charge in [-0.25, -0.2) is 4.98 Å². The summed E-state index contributed by atoms with van der Waals surface area (Å²) in [6.07, 6.45) is 0.266. The lowest BCUT2D eigenvalue weighted by atomic mass is 10.1. The summed E-state index contributed by atoms with van der Waals surface area (Å²) in [5, 5.41) is 2.93. The molecule has 1 aromatic heterocycles. The summed E-state index contributed by atoms with van der Waals surface area (Å²) in [4.78, 5) is 20.1. The Kier molecular flexibility index (Phi) is 4.51. The molecule has 5 nitrogen and oxygen atoms in total. The van der Waals surface area contributed by atoms with Gasteiger partial charge >= 0.3 is 0 Å². The van der Waals surface area contributed by atoms with Crippen LogP contribution in [-0.4, -0.2) is 23.0 Å². The second-order valence-electron chi connectivity index (χ2n) is 6.05. The number of nitrogens with one attached hydrogen (secondary N) is 2. The molecule has 0 spiro atoms. The molecule has 0 saturated heterocycles. The summed E-state index contributed by atoms with van der Waals surface area (Å²) in [6, 6.07) is 13.2. The number of methoxy groups -OCH3 is 1. The number of aromatic amines is 1. The number of H-pyrrole nitrogens is 1. The van der Waals surface area contributed by atoms with Crippen molar-refractivity contribution in [1.82, 2.24) is 9.97 Å². The lowest BCUT2D eigenvalue weighted by molar-refractivity contribution is -0.115. The molecular formula is C19H21N3O2. The summed E-state index contributed by atoms with van der Waals surface area (Å²) in [7, 11) is 1.61. The minimum atomic E-state index is -0.0811. The minimum Gasteiger partial charge on any atom is -0.496 e. The quantitative estimate of drug-likeness (QED) is 0.749. The van der Waals surface area contributed by atoms with Crippen molar-refractivity contribution < 1.29 is 9.53 Å². The zero-order chi connectivity index (χ0) is 17.1. The Morgan fingerprint density at radius 3 is 2.79 bits per heavy atom. The van der Waals surface area contributed by atoms with Crippen LogP contribution in [0.1, 0.15) is 31.2 Å². The Morgan fingerprint density at radius 1 is 1.25 bits per heavy atom. The van der Waals surface area contributed by atoms with E-state index in [0.717, 1.165) is 33.9 Å². The van der Waals surface area contributed by atoms with Gasteiger partial charge < -0.3 is 15.0 Å². The number of fused-ring (bicyclic) bond motifs is 1. The number of rotatable bonds is 5. The van der Waals surface area contributed by atoms with E-state index in [1.54, 1.807) is 7.11 Å². The second-order valence-corrected chi connectivity index (χ2v) is 6.05. The van der Waals surface area contributed by atoms with Crippen molar-refractivity contribution >= 4 is 22.6 Å². The highest BCUT2D eigenvalue weighted by Crippen LogP contribution is 2.22. The summed E-state index contributed by atoms with van der Waals surface area (Å²) in [5.41, 5.74) is 3.44. The van der Waals surface area contributed by atoms with E-state index in [1.807, 2.05) is 42.5 Å². The zero-order valence-corrected chi connectivity index (χ0v) is 14.1. The first-order valence-corrected chi connectivity index (χ1v) is 7.98. The molecule has 1 heterocycles. The van der Waals surface area contributed by atoms with Gasteiger partial charge in [0.15, 0.2) is 0 Å². The number of amides is 1. The van der Waals surface area contributed by atoms with Gasteiger partial charge in [-0.15, -0.1) is 0 Å². The number of hydrogen-bond donors (Lipinski definition) is 2. The molecule has 0 aliphatic heterocycles. The van der Waals surface area contributed by atoms with Gasteiger partial charge in [-0.2, -0.15) is 0 Å². The van der Waals surface area contributed by atoms with Crippen molar-refractivity contribution in [2.24, 2.45) is 0 Å². The summed E-state index contributed by atoms with van der Waals surface area (Å²) < 4.78 is 5.29. The van der Waals surface area contributed by atoms with E-state index in [1.165, 1.54) is 0 Å². The van der Waals surface area contributed by atoms with Crippen molar-refractivity contribution in [2.75, 3.05) is 12.4 Å². The summed E-state index contributed by atoms with van der Waals surface area (Å²) in [5.74, 6) is 1.92. The van der Waals surface area contributed by atoms with Gasteiger partial charge in [-0.05, 0) is 24.3 Å². The fourth-order valence-corrected chi connectivity index (χ4v) is 2.61. The molecule has 3 rings (SSSR count). The Bertz CT molecular complexity index is 868. The number of para-hydroxylation sites is 1. The average molecular weight is 323 g/mol. The molecule has 0 aliphatic carbocycles. The molecule has 2 aromatic carbocycles. The second kappa shape index (κ2) is 6.74. The molecular weight excluding hydrogens is 302 g/mol. The van der Waals surface area contributed by atoms with E-state index < -0.39 is 0 Å². The highest BCUT2D eigenvalue weighted by atomic mass is 16.5. The molecule has 0 saturated carbocycles. The third-order valence-electron chi connectivity index (χ3n) is 3.87. The van der Waals surface area contributed by atoms with Gasteiger partial charge in [0, 0.05) is 17.2 Å². The predicted octanol–water partition coefficient (Wildman–Crippen LogP) is 3.88. The van der Waals surface area contributed by atoms with Crippen molar-refractivity contribution in [1.29, 1.82) is 0 Å². The first-order chi connectivity index (χ1) is 11.6. The molecule has 2 N–H and O–H groups in total. The Hall–Kier alpha value is -2.82. The number of hydrogen-bond acceptors (Lipinski definition) is 3. The molecule has 124 valence electrons. The highest BCUT2D eigenvalue weighted by molar-refractivity contribution is 5.94. The standard InChI is InChI=1S/C19H21N3O2/c1-12(2)19-21-15-9-8-14(11-16(15)22-19)20-18(23)10-13-6-4-5-7-17(13)24-3/h4-9,11-12H,10H2,1-3H3,(H,20,23)(H,21,22). The van der Waals surface area contributed by atoms with Crippen LogP contribution in [0.4, 0.5) is 5.69 Å². The minimum absolute atomic E-state index is 0.0811. The molecule has 0 radical (unpaired) electrons. The van der Waals surface area contributed by atoms with Crippen LogP contribution in [0, 0.1) is 0 Å². The Labute approximate surface area is 141 Å². The van der Waals surface area contributed by atoms with E-state index in [9.17, 15) is 4.79 Å². The predicted molar refractivity (Wildman–Crippen MR) is 95.5 cm³/mol. The van der Waals surface area contributed by atoms with Gasteiger partial charge in [-0.1, -0.05) is 32.0 Å². The SMILES string of the molecule is COc1ccccc1CC(=O)Nc1ccc2nc(C(C)C)[nH]c2c1. The lowest BCUT2D eigenvalue weighted by Crippen LogP contribution is -2.14. The van der Waals surface area contributed by atoms with Crippen LogP contribution >= 0.6 is 0 Å². The molecule has 5 heteroatoms. The van der Waals surface area contributed by atoms with Crippen molar-refractivity contribution in [3.05, 3.63) is 53.9 Å². The van der Waals surface area contributed by atoms with Gasteiger partial charge in [0.25, 0.3) is 0 Å². The van der Waals surface area contributed by atoms with Crippen molar-refractivity contribution in [3.8, 4) is 5.75 Å². The maximum absolute atomic E-state index is 12.3. The van der Waals surface area contributed by atoms with Crippen LogP contribution < -0.4 is 10.1 Å². The van der Waals surface area contributed by atoms with E-state index >= 15 is 0 Å². The lowest BCUT2D eigenvalue weighted by Gasteiger charge is -2.09. The maximum atomic E-state index is 12.3. The monoisotopic (exact) mass is 323 g/mol. The number of imidazole rings is 1. The number of anilines is 1. The van der Waals surface area contributed by atoms with Crippen molar-refractivity contribution in [2.45, 2.75) is 26.2 Å². The topological polar surface area (TPSA) is 67.0 Å². The normalized spacial score (nSPS) is 11.0. The first kappa shape index (κ1) is 16.1. The summed E-state index contributed by atoms with van der Waals surface area (Å²) >= 11 is 0. The smallest absolute Gasteiger partial charge is 0.228 e. The Balaban J connectivity index is 1.75. The largest absolute Gasteiger partial charge is 0.496 e. The van der Waals surface area contributed by atoms with E-state index in [0.29, 0.717) is 5.92 Å². The Morgan fingerprint density at radius 2 is 2.04 bits per heavy atom. The van der Waals surface area contributed by atoms with Crippen LogP contribution in [0.2, 0.25) is 0 Å². The van der Waals surface area contributed by atoms with Crippen LogP contribution in [0.15, 0.2) is 42.5 Å². The number of benzene rings is 2. The first-order valence-electron chi connectivity index (χ1n) is 7.98. The van der Waals surface area contributed by atoms with Gasteiger partial charge in [-0.3, -0.25) is 4.79 Å².